The lowest BCUT2D eigenvalue weighted by Gasteiger charge is -2.07. The number of carboxylic acid groups (broad SMARTS) is 2. The highest BCUT2D eigenvalue weighted by Gasteiger charge is 1.96. The van der Waals surface area contributed by atoms with Crippen LogP contribution in [-0.4, -0.2) is 16.9 Å². The lowest BCUT2D eigenvalue weighted by molar-refractivity contribution is -0.312. The Labute approximate surface area is 103 Å². The second-order valence-electron chi connectivity index (χ2n) is 3.32. The van der Waals surface area contributed by atoms with E-state index >= 15 is 0 Å². The average Bonchev–Trinajstić information content (AvgIpc) is 2.27. The maximum atomic E-state index is 10.4. The van der Waals surface area contributed by atoms with Crippen molar-refractivity contribution in [3.05, 3.63) is 47.8 Å². The summed E-state index contributed by atoms with van der Waals surface area (Å²) in [6.07, 6.45) is 3.44. The molecule has 0 saturated heterocycles. The van der Waals surface area contributed by atoms with Gasteiger partial charge in [-0.3, -0.25) is 0 Å². The summed E-state index contributed by atoms with van der Waals surface area (Å²) >= 11 is 0. The van der Waals surface area contributed by atoms with Gasteiger partial charge in [-0.05, 0) is 31.2 Å². The first-order chi connectivity index (χ1) is 8.50. The van der Waals surface area contributed by atoms with Crippen molar-refractivity contribution in [2.45, 2.75) is 6.92 Å². The molecule has 0 aliphatic rings. The van der Waals surface area contributed by atoms with Crippen LogP contribution in [0.1, 0.15) is 5.69 Å². The van der Waals surface area contributed by atoms with Crippen LogP contribution in [0.25, 0.3) is 0 Å². The van der Waals surface area contributed by atoms with Crippen LogP contribution < -0.4 is 15.5 Å². The fourth-order valence-electron chi connectivity index (χ4n) is 1.12. The first kappa shape index (κ1) is 13.4. The quantitative estimate of drug-likeness (QED) is 0.301. The molecule has 94 valence electrons. The molecule has 0 bridgehead atoms. The van der Waals surface area contributed by atoms with Crippen LogP contribution in [0.5, 0.6) is 0 Å². The molecule has 0 radical (unpaired) electrons. The Morgan fingerprint density at radius 1 is 1.28 bits per heavy atom. The number of aromatic nitrogens is 1. The number of anilines is 1. The molecule has 0 aliphatic heterocycles. The molecule has 6 heteroatoms. The molecule has 1 rings (SSSR count). The number of carboxylic acids is 2. The van der Waals surface area contributed by atoms with Gasteiger partial charge in [-0.2, -0.15) is 0 Å². The van der Waals surface area contributed by atoms with Crippen LogP contribution in [-0.2, 0) is 9.59 Å². The lowest BCUT2D eigenvalue weighted by Crippen LogP contribution is -2.36. The Bertz CT molecular complexity index is 505. The fourth-order valence-corrected chi connectivity index (χ4v) is 1.12. The van der Waals surface area contributed by atoms with E-state index in [1.807, 2.05) is 13.0 Å². The molecule has 1 N–H and O–H groups in total. The number of hydrogen-bond acceptors (Lipinski definition) is 6. The highest BCUT2D eigenvalue weighted by molar-refractivity contribution is 6.10. The number of hydrogen-bond donors (Lipinski definition) is 1. The zero-order valence-electron chi connectivity index (χ0n) is 9.54. The summed E-state index contributed by atoms with van der Waals surface area (Å²) < 4.78 is 0. The number of aliphatic carboxylic acids is 2. The molecule has 0 aliphatic carbocycles. The Hall–Kier alpha value is -2.63. The SMILES string of the molecule is Cc1cccc(N/C=C/C=C(C(=O)[O-])C(=O)[O-])n1. The van der Waals surface area contributed by atoms with E-state index in [1.165, 1.54) is 12.3 Å². The maximum absolute atomic E-state index is 10.4. The summed E-state index contributed by atoms with van der Waals surface area (Å²) in [4.78, 5) is 24.9. The second kappa shape index (κ2) is 6.19. The topological polar surface area (TPSA) is 105 Å². The van der Waals surface area contributed by atoms with E-state index in [0.29, 0.717) is 5.82 Å². The normalized spacial score (nSPS) is 10.1. The summed E-state index contributed by atoms with van der Waals surface area (Å²) in [5, 5.41) is 23.5. The minimum Gasteiger partial charge on any atom is -0.545 e. The van der Waals surface area contributed by atoms with Gasteiger partial charge in [-0.1, -0.05) is 6.07 Å². The highest BCUT2D eigenvalue weighted by atomic mass is 16.4. The van der Waals surface area contributed by atoms with Gasteiger partial charge >= 0.3 is 0 Å². The van der Waals surface area contributed by atoms with E-state index in [-0.39, 0.29) is 0 Å². The molecule has 1 aromatic heterocycles. The molecule has 0 amide bonds. The fraction of sp³-hybridized carbons (Fsp3) is 0.0833. The minimum atomic E-state index is -1.80. The molecular formula is C12H10N2O4-2. The molecule has 18 heavy (non-hydrogen) atoms. The summed E-state index contributed by atoms with van der Waals surface area (Å²) in [5.74, 6) is -3.04. The number of aryl methyl sites for hydroxylation is 1. The zero-order chi connectivity index (χ0) is 13.5. The van der Waals surface area contributed by atoms with Gasteiger partial charge < -0.3 is 25.1 Å². The third-order valence-corrected chi connectivity index (χ3v) is 1.92. The van der Waals surface area contributed by atoms with E-state index in [2.05, 4.69) is 10.3 Å². The number of nitrogens with one attached hydrogen (secondary N) is 1. The Kier molecular flexibility index (Phi) is 4.62. The first-order valence-electron chi connectivity index (χ1n) is 5.00. The first-order valence-corrected chi connectivity index (χ1v) is 5.00. The van der Waals surface area contributed by atoms with Crippen LogP contribution >= 0.6 is 0 Å². The van der Waals surface area contributed by atoms with Gasteiger partial charge in [0.05, 0.1) is 11.9 Å². The molecule has 6 nitrogen and oxygen atoms in total. The van der Waals surface area contributed by atoms with Gasteiger partial charge in [0, 0.05) is 17.5 Å². The average molecular weight is 246 g/mol. The molecule has 0 unspecified atom stereocenters. The van der Waals surface area contributed by atoms with Gasteiger partial charge in [-0.15, -0.1) is 0 Å². The summed E-state index contributed by atoms with van der Waals surface area (Å²) in [5.41, 5.74) is -0.112. The van der Waals surface area contributed by atoms with Crippen LogP contribution in [0.3, 0.4) is 0 Å². The largest absolute Gasteiger partial charge is 0.545 e. The van der Waals surface area contributed by atoms with Crippen molar-refractivity contribution in [2.75, 3.05) is 5.32 Å². The Morgan fingerprint density at radius 3 is 2.50 bits per heavy atom. The van der Waals surface area contributed by atoms with E-state index in [0.717, 1.165) is 11.8 Å². The van der Waals surface area contributed by atoms with Crippen molar-refractivity contribution in [2.24, 2.45) is 0 Å². The van der Waals surface area contributed by atoms with Gasteiger partial charge in [0.1, 0.15) is 5.82 Å². The predicted octanol–water partition coefficient (Wildman–Crippen LogP) is -1.26. The molecule has 0 aromatic carbocycles. The smallest absolute Gasteiger partial charge is 0.130 e. The molecule has 1 heterocycles. The third kappa shape index (κ3) is 4.09. The monoisotopic (exact) mass is 246 g/mol. The van der Waals surface area contributed by atoms with Crippen LogP contribution in [0.15, 0.2) is 42.1 Å². The van der Waals surface area contributed by atoms with E-state index in [4.69, 9.17) is 0 Å². The van der Waals surface area contributed by atoms with Crippen molar-refractivity contribution in [3.63, 3.8) is 0 Å². The Morgan fingerprint density at radius 2 is 1.94 bits per heavy atom. The second-order valence-corrected chi connectivity index (χ2v) is 3.32. The number of rotatable bonds is 5. The van der Waals surface area contributed by atoms with Gasteiger partial charge in [0.15, 0.2) is 0 Å². The molecular weight excluding hydrogens is 236 g/mol. The van der Waals surface area contributed by atoms with E-state index in [9.17, 15) is 19.8 Å². The molecule has 0 atom stereocenters. The highest BCUT2D eigenvalue weighted by Crippen LogP contribution is 2.03. The lowest BCUT2D eigenvalue weighted by atomic mass is 10.2. The maximum Gasteiger partial charge on any atom is 0.130 e. The Balaban J connectivity index is 2.68. The van der Waals surface area contributed by atoms with Gasteiger partial charge in [-0.25, -0.2) is 4.98 Å². The predicted molar refractivity (Wildman–Crippen MR) is 59.8 cm³/mol. The third-order valence-electron chi connectivity index (χ3n) is 1.92. The molecule has 1 aromatic rings. The zero-order valence-corrected chi connectivity index (χ0v) is 9.54. The van der Waals surface area contributed by atoms with Gasteiger partial charge in [0.2, 0.25) is 0 Å². The molecule has 0 saturated carbocycles. The van der Waals surface area contributed by atoms with E-state index < -0.39 is 17.5 Å². The summed E-state index contributed by atoms with van der Waals surface area (Å²) in [6, 6.07) is 5.32. The van der Waals surface area contributed by atoms with Gasteiger partial charge in [0.25, 0.3) is 0 Å². The van der Waals surface area contributed by atoms with Crippen molar-refractivity contribution in [1.82, 2.24) is 4.98 Å². The van der Waals surface area contributed by atoms with Crippen molar-refractivity contribution >= 4 is 17.8 Å². The summed E-state index contributed by atoms with van der Waals surface area (Å²) in [6.45, 7) is 1.82. The van der Waals surface area contributed by atoms with Crippen molar-refractivity contribution < 1.29 is 19.8 Å². The number of carbonyl (C=O) groups is 2. The summed E-state index contributed by atoms with van der Waals surface area (Å²) in [7, 11) is 0. The standard InChI is InChI=1S/C12H12N2O4/c1-8-4-2-6-10(14-8)13-7-3-5-9(11(15)16)12(17)18/h2-7H,1H3,(H,13,14)(H,15,16)(H,17,18)/p-2/b7-3+. The van der Waals surface area contributed by atoms with Crippen LogP contribution in [0, 0.1) is 6.92 Å². The minimum absolute atomic E-state index is 0.558. The number of carbonyl (C=O) groups excluding carboxylic acids is 2. The molecule has 0 fully saturated rings. The number of pyridine rings is 1. The number of nitrogens with zero attached hydrogens (tertiary/aromatic N) is 1. The van der Waals surface area contributed by atoms with Crippen molar-refractivity contribution in [1.29, 1.82) is 0 Å². The van der Waals surface area contributed by atoms with Crippen LogP contribution in [0.2, 0.25) is 0 Å². The van der Waals surface area contributed by atoms with E-state index in [1.54, 1.807) is 12.1 Å². The van der Waals surface area contributed by atoms with Crippen molar-refractivity contribution in [3.8, 4) is 0 Å². The van der Waals surface area contributed by atoms with Crippen LogP contribution in [0.4, 0.5) is 5.82 Å². The number of allylic oxidation sites excluding steroid dienone is 2. The molecule has 0 spiro atoms.